The summed E-state index contributed by atoms with van der Waals surface area (Å²) in [4.78, 5) is 9.56. The van der Waals surface area contributed by atoms with E-state index in [0.29, 0.717) is 5.75 Å². The molecule has 4 bridgehead atoms. The van der Waals surface area contributed by atoms with E-state index < -0.39 is 0 Å². The molecule has 13 rings (SSSR count). The Hall–Kier alpha value is -6.53. The molecule has 6 nitrogen and oxygen atoms in total. The third-order valence-corrected chi connectivity index (χ3v) is 12.0. The fourth-order valence-corrected chi connectivity index (χ4v) is 8.58. The monoisotopic (exact) mass is 743 g/mol. The Balaban J connectivity index is 1.03. The van der Waals surface area contributed by atoms with Crippen molar-refractivity contribution in [3.8, 4) is 34.1 Å². The highest BCUT2D eigenvalue weighted by Gasteiger charge is 2.20. The summed E-state index contributed by atoms with van der Waals surface area (Å²) in [5, 5.41) is 2.31. The summed E-state index contributed by atoms with van der Waals surface area (Å²) in [6, 6.07) is 39.3. The van der Waals surface area contributed by atoms with Gasteiger partial charge in [-0.05, 0) is 132 Å². The standard InChI is InChI=1S/C51H45N5O/c1-33-34(2)36-12-11-35(33)13-14-38-16-19-41(18-15-36)55-32-54(31-49(38)55)42-27-44(30-52-29-42)57-43-20-21-45-46-25-39(37-9-7-6-8-10-37)17-22-47(46)56(48(45)28-43)50-26-40(23-24-53-50)51(3,4)5/h6-12,16-17,19-31H,13-15,18H2,1-5H3. The van der Waals surface area contributed by atoms with Crippen LogP contribution in [0.5, 0.6) is 11.5 Å². The second kappa shape index (κ2) is 13.6. The van der Waals surface area contributed by atoms with E-state index in [1.807, 2.05) is 18.5 Å². The van der Waals surface area contributed by atoms with Gasteiger partial charge in [-0.3, -0.25) is 18.5 Å². The molecule has 0 saturated carbocycles. The third kappa shape index (κ3) is 6.26. The maximum absolute atomic E-state index is 6.64. The molecule has 7 heterocycles. The Morgan fingerprint density at radius 1 is 0.649 bits per heavy atom. The quantitative estimate of drug-likeness (QED) is 0.130. The summed E-state index contributed by atoms with van der Waals surface area (Å²) in [5.74, 6) is 2.26. The molecule has 280 valence electrons. The number of hydrogen-bond donors (Lipinski definition) is 0. The molecule has 4 aliphatic rings. The van der Waals surface area contributed by atoms with E-state index in [4.69, 9.17) is 9.72 Å². The molecule has 57 heavy (non-hydrogen) atoms. The maximum Gasteiger partial charge on any atom is 0.269 e. The Bertz CT molecular complexity index is 2930. The summed E-state index contributed by atoms with van der Waals surface area (Å²) in [6.45, 7) is 11.3. The first kappa shape index (κ1) is 34.9. The smallest absolute Gasteiger partial charge is 0.269 e. The molecule has 0 unspecified atom stereocenters. The SMILES string of the molecule is Cc1c2ccc(c1C)CCc1ccc(c3c[n+](-c4cncc(Oc5ccc6c7cc(-c8ccccc8)ccc7n(-c7cc(C(C)(C)C)ccn7)c6c5)c4)[c-]n13)CC2. The van der Waals surface area contributed by atoms with Gasteiger partial charge in [0.05, 0.1) is 28.4 Å². The zero-order chi connectivity index (χ0) is 38.8. The van der Waals surface area contributed by atoms with Gasteiger partial charge >= 0.3 is 0 Å². The molecule has 0 radical (unpaired) electrons. The zero-order valence-corrected chi connectivity index (χ0v) is 33.2. The number of pyridine rings is 3. The topological polar surface area (TPSA) is 48.2 Å². The van der Waals surface area contributed by atoms with Crippen LogP contribution in [0, 0.1) is 20.2 Å². The highest BCUT2D eigenvalue weighted by atomic mass is 16.5. The van der Waals surface area contributed by atoms with Gasteiger partial charge < -0.3 is 4.74 Å². The largest absolute Gasteiger partial charge is 0.456 e. The van der Waals surface area contributed by atoms with Gasteiger partial charge in [0.15, 0.2) is 0 Å². The number of ether oxygens (including phenoxy) is 1. The number of aromatic nitrogens is 5. The second-order valence-electron chi connectivity index (χ2n) is 16.5. The van der Waals surface area contributed by atoms with Gasteiger partial charge in [0.25, 0.3) is 6.33 Å². The van der Waals surface area contributed by atoms with Crippen LogP contribution < -0.4 is 9.30 Å². The first-order chi connectivity index (χ1) is 27.7. The number of benzene rings is 4. The predicted molar refractivity (Wildman–Crippen MR) is 229 cm³/mol. The molecule has 4 aromatic carbocycles. The summed E-state index contributed by atoms with van der Waals surface area (Å²) in [6.07, 6.45) is 15.3. The van der Waals surface area contributed by atoms with Gasteiger partial charge in [0.2, 0.25) is 0 Å². The van der Waals surface area contributed by atoms with Gasteiger partial charge in [-0.2, -0.15) is 0 Å². The number of hydrogen-bond acceptors (Lipinski definition) is 3. The molecular weight excluding hydrogens is 699 g/mol. The van der Waals surface area contributed by atoms with Gasteiger partial charge in [-0.1, -0.05) is 81.4 Å². The molecular formula is C51H45N5O. The lowest BCUT2D eigenvalue weighted by atomic mass is 9.88. The van der Waals surface area contributed by atoms with Crippen molar-refractivity contribution in [2.45, 2.75) is 65.7 Å². The van der Waals surface area contributed by atoms with Crippen molar-refractivity contribution in [3.63, 3.8) is 0 Å². The third-order valence-electron chi connectivity index (χ3n) is 12.0. The van der Waals surface area contributed by atoms with Crippen LogP contribution in [0.15, 0.2) is 134 Å². The Morgan fingerprint density at radius 2 is 1.42 bits per heavy atom. The highest BCUT2D eigenvalue weighted by molar-refractivity contribution is 6.10. The van der Waals surface area contributed by atoms with Crippen molar-refractivity contribution in [2.75, 3.05) is 0 Å². The summed E-state index contributed by atoms with van der Waals surface area (Å²) < 4.78 is 13.2. The summed E-state index contributed by atoms with van der Waals surface area (Å²) >= 11 is 0. The first-order valence-electron chi connectivity index (χ1n) is 20.0. The first-order valence-corrected chi connectivity index (χ1v) is 20.0. The van der Waals surface area contributed by atoms with Crippen molar-refractivity contribution in [1.29, 1.82) is 0 Å². The van der Waals surface area contributed by atoms with E-state index >= 15 is 0 Å². The van der Waals surface area contributed by atoms with Crippen LogP contribution in [-0.2, 0) is 31.1 Å². The van der Waals surface area contributed by atoms with E-state index in [2.05, 4.69) is 169 Å². The van der Waals surface area contributed by atoms with Gasteiger partial charge in [-0.15, -0.1) is 0 Å². The maximum atomic E-state index is 6.64. The molecule has 2 aliphatic heterocycles. The highest BCUT2D eigenvalue weighted by Crippen LogP contribution is 2.38. The summed E-state index contributed by atoms with van der Waals surface area (Å²) in [5.41, 5.74) is 16.1. The minimum Gasteiger partial charge on any atom is -0.456 e. The van der Waals surface area contributed by atoms with E-state index in [-0.39, 0.29) is 5.41 Å². The normalized spacial score (nSPS) is 13.1. The van der Waals surface area contributed by atoms with E-state index in [1.54, 1.807) is 6.20 Å². The van der Waals surface area contributed by atoms with Crippen LogP contribution in [0.4, 0.5) is 0 Å². The van der Waals surface area contributed by atoms with Crippen molar-refractivity contribution in [1.82, 2.24) is 18.9 Å². The number of fused-ring (bicyclic) bond motifs is 3. The molecule has 0 spiro atoms. The second-order valence-corrected chi connectivity index (χ2v) is 16.5. The molecule has 9 aromatic rings. The molecule has 0 amide bonds. The Morgan fingerprint density at radius 3 is 2.23 bits per heavy atom. The fraction of sp³-hybridized carbons (Fsp3) is 0.196. The van der Waals surface area contributed by atoms with Crippen molar-refractivity contribution < 1.29 is 9.30 Å². The van der Waals surface area contributed by atoms with E-state index in [0.717, 1.165) is 59.4 Å². The van der Waals surface area contributed by atoms with E-state index in [1.165, 1.54) is 61.1 Å². The molecule has 6 heteroatoms. The van der Waals surface area contributed by atoms with Crippen LogP contribution in [0.2, 0.25) is 0 Å². The molecule has 0 saturated heterocycles. The van der Waals surface area contributed by atoms with Crippen LogP contribution >= 0.6 is 0 Å². The van der Waals surface area contributed by atoms with Crippen LogP contribution in [0.3, 0.4) is 0 Å². The lowest BCUT2D eigenvalue weighted by molar-refractivity contribution is -0.598. The Kier molecular flexibility index (Phi) is 8.33. The molecule has 2 aliphatic carbocycles. The number of nitrogens with zero attached hydrogens (tertiary/aromatic N) is 5. The summed E-state index contributed by atoms with van der Waals surface area (Å²) in [7, 11) is 0. The molecule has 0 atom stereocenters. The number of imidazole rings is 1. The number of rotatable bonds is 5. The van der Waals surface area contributed by atoms with Crippen molar-refractivity contribution >= 4 is 27.3 Å². The minimum absolute atomic E-state index is 0.0214. The Labute approximate surface area is 333 Å². The number of aryl methyl sites for hydroxylation is 4. The lowest BCUT2D eigenvalue weighted by Gasteiger charge is -2.20. The molecule has 0 fully saturated rings. The van der Waals surface area contributed by atoms with Crippen molar-refractivity contribution in [3.05, 3.63) is 179 Å². The van der Waals surface area contributed by atoms with Gasteiger partial charge in [0.1, 0.15) is 17.3 Å². The molecule has 0 N–H and O–H groups in total. The van der Waals surface area contributed by atoms with E-state index in [9.17, 15) is 0 Å². The van der Waals surface area contributed by atoms with Crippen LogP contribution in [-0.4, -0.2) is 18.9 Å². The van der Waals surface area contributed by atoms with Crippen molar-refractivity contribution in [2.24, 2.45) is 0 Å². The fourth-order valence-electron chi connectivity index (χ4n) is 8.58. The predicted octanol–water partition coefficient (Wildman–Crippen LogP) is 11.2. The van der Waals surface area contributed by atoms with Gasteiger partial charge in [-0.25, -0.2) is 4.98 Å². The van der Waals surface area contributed by atoms with Crippen LogP contribution in [0.25, 0.3) is 50.0 Å². The lowest BCUT2D eigenvalue weighted by Crippen LogP contribution is -2.28. The minimum atomic E-state index is -0.0214. The average molecular weight is 744 g/mol. The van der Waals surface area contributed by atoms with Crippen LogP contribution in [0.1, 0.15) is 59.8 Å². The zero-order valence-electron chi connectivity index (χ0n) is 33.2. The van der Waals surface area contributed by atoms with Gasteiger partial charge in [0, 0.05) is 41.1 Å². The average Bonchev–Trinajstić information content (AvgIpc) is 3.81. The molecule has 5 aromatic heterocycles.